The van der Waals surface area contributed by atoms with Crippen LogP contribution in [0.3, 0.4) is 0 Å². The SMILES string of the molecule is O=S(O)O.O=S(O)O.S=C(N(Cc1ccccc1)Cc1ccccc1)N(Cc1ccccc1)Cc1ccccc1. The molecule has 0 saturated heterocycles. The van der Waals surface area contributed by atoms with E-state index in [2.05, 4.69) is 131 Å². The van der Waals surface area contributed by atoms with E-state index in [-0.39, 0.29) is 0 Å². The van der Waals surface area contributed by atoms with Crippen molar-refractivity contribution in [3.8, 4) is 0 Å². The van der Waals surface area contributed by atoms with Gasteiger partial charge in [-0.05, 0) is 34.5 Å². The van der Waals surface area contributed by atoms with E-state index in [9.17, 15) is 0 Å². The van der Waals surface area contributed by atoms with Crippen molar-refractivity contribution < 1.29 is 26.6 Å². The molecule has 0 amide bonds. The molecular weight excluding hydrogens is 569 g/mol. The lowest BCUT2D eigenvalue weighted by Crippen LogP contribution is -2.41. The second-order valence-electron chi connectivity index (χ2n) is 8.40. The van der Waals surface area contributed by atoms with Crippen LogP contribution in [0.25, 0.3) is 0 Å². The van der Waals surface area contributed by atoms with Crippen LogP contribution in [0.15, 0.2) is 121 Å². The predicted octanol–water partition coefficient (Wildman–Crippen LogP) is 6.04. The third-order valence-corrected chi connectivity index (χ3v) is 5.92. The van der Waals surface area contributed by atoms with E-state index in [1.807, 2.05) is 0 Å². The molecule has 0 bridgehead atoms. The highest BCUT2D eigenvalue weighted by atomic mass is 32.2. The fraction of sp³-hybridized carbons (Fsp3) is 0.138. The van der Waals surface area contributed by atoms with Gasteiger partial charge in [0.1, 0.15) is 0 Å². The number of thiocarbonyl (C=S) groups is 1. The number of benzene rings is 4. The molecule has 0 aliphatic rings. The Morgan fingerprint density at radius 3 is 0.825 bits per heavy atom. The first kappa shape index (κ1) is 32.9. The first-order valence-corrected chi connectivity index (χ1v) is 14.6. The fourth-order valence-electron chi connectivity index (χ4n) is 3.80. The van der Waals surface area contributed by atoms with E-state index < -0.39 is 22.7 Å². The van der Waals surface area contributed by atoms with Gasteiger partial charge in [0.2, 0.25) is 0 Å². The normalized spacial score (nSPS) is 10.2. The molecule has 0 radical (unpaired) electrons. The molecule has 0 aliphatic carbocycles. The maximum absolute atomic E-state index is 8.67. The largest absolute Gasteiger partial charge is 0.340 e. The standard InChI is InChI=1S/C29H28N2S.2H2O3S/c32-29(30(21-25-13-5-1-6-14-25)22-26-15-7-2-8-16-26)31(23-27-17-9-3-10-18-27)24-28-19-11-4-12-20-28;2*1-4(2)3/h1-20H,21-24H2;2*(H2,1,2,3). The van der Waals surface area contributed by atoms with Crippen molar-refractivity contribution in [3.63, 3.8) is 0 Å². The van der Waals surface area contributed by atoms with E-state index in [0.29, 0.717) is 0 Å². The summed E-state index contributed by atoms with van der Waals surface area (Å²) < 4.78 is 45.7. The van der Waals surface area contributed by atoms with Crippen molar-refractivity contribution in [2.45, 2.75) is 26.2 Å². The Kier molecular flexibility index (Phi) is 15.6. The summed E-state index contributed by atoms with van der Waals surface area (Å²) in [6.45, 7) is 3.09. The molecular formula is C29H32N2O6S3. The van der Waals surface area contributed by atoms with Gasteiger partial charge in [0.25, 0.3) is 22.7 Å². The monoisotopic (exact) mass is 600 g/mol. The maximum atomic E-state index is 8.67. The summed E-state index contributed by atoms with van der Waals surface area (Å²) in [6, 6.07) is 42.3. The zero-order valence-corrected chi connectivity index (χ0v) is 24.0. The average molecular weight is 601 g/mol. The van der Waals surface area contributed by atoms with Gasteiger partial charge >= 0.3 is 0 Å². The van der Waals surface area contributed by atoms with Crippen LogP contribution in [-0.2, 0) is 48.9 Å². The molecule has 4 aromatic rings. The lowest BCUT2D eigenvalue weighted by Gasteiger charge is -2.34. The zero-order chi connectivity index (χ0) is 29.2. The Bertz CT molecular complexity index is 1110. The summed E-state index contributed by atoms with van der Waals surface area (Å²) in [6.07, 6.45) is 0. The first-order chi connectivity index (χ1) is 19.2. The fourth-order valence-corrected chi connectivity index (χ4v) is 4.06. The maximum Gasteiger partial charge on any atom is 0.299 e. The summed E-state index contributed by atoms with van der Waals surface area (Å²) >= 11 is 0.923. The van der Waals surface area contributed by atoms with Crippen molar-refractivity contribution >= 4 is 40.1 Å². The second kappa shape index (κ2) is 18.9. The Morgan fingerprint density at radius 1 is 0.475 bits per heavy atom. The molecule has 212 valence electrons. The molecule has 8 nitrogen and oxygen atoms in total. The lowest BCUT2D eigenvalue weighted by molar-refractivity contribution is 0.307. The molecule has 0 unspecified atom stereocenters. The molecule has 0 saturated carbocycles. The highest BCUT2D eigenvalue weighted by Crippen LogP contribution is 2.18. The summed E-state index contributed by atoms with van der Waals surface area (Å²) in [5.41, 5.74) is 5.02. The van der Waals surface area contributed by atoms with Gasteiger partial charge in [-0.15, -0.1) is 0 Å². The van der Waals surface area contributed by atoms with E-state index in [1.54, 1.807) is 0 Å². The van der Waals surface area contributed by atoms with Gasteiger partial charge in [-0.25, -0.2) is 0 Å². The van der Waals surface area contributed by atoms with Crippen LogP contribution in [0.2, 0.25) is 0 Å². The van der Waals surface area contributed by atoms with Gasteiger partial charge in [0, 0.05) is 26.2 Å². The minimum absolute atomic E-state index is 0.772. The Balaban J connectivity index is 0.000000621. The van der Waals surface area contributed by atoms with E-state index in [0.717, 1.165) is 31.3 Å². The van der Waals surface area contributed by atoms with Crippen LogP contribution in [0.1, 0.15) is 22.3 Å². The average Bonchev–Trinajstić information content (AvgIpc) is 2.94. The quantitative estimate of drug-likeness (QED) is 0.142. The smallest absolute Gasteiger partial charge is 0.299 e. The molecule has 11 heteroatoms. The van der Waals surface area contributed by atoms with Crippen LogP contribution in [0.4, 0.5) is 0 Å². The van der Waals surface area contributed by atoms with Gasteiger partial charge in [0.05, 0.1) is 0 Å². The molecule has 4 aromatic carbocycles. The second-order valence-corrected chi connectivity index (χ2v) is 9.69. The molecule has 0 atom stereocenters. The van der Waals surface area contributed by atoms with Crippen molar-refractivity contribution in [2.24, 2.45) is 0 Å². The van der Waals surface area contributed by atoms with Crippen LogP contribution in [0, 0.1) is 0 Å². The Hall–Kier alpha value is -3.29. The summed E-state index contributed by atoms with van der Waals surface area (Å²) in [4.78, 5) is 4.62. The van der Waals surface area contributed by atoms with Gasteiger partial charge in [0.15, 0.2) is 5.11 Å². The summed E-state index contributed by atoms with van der Waals surface area (Å²) in [7, 11) is 0. The topological polar surface area (TPSA) is 122 Å². The molecule has 0 aromatic heterocycles. The number of hydrogen-bond donors (Lipinski definition) is 4. The zero-order valence-electron chi connectivity index (χ0n) is 21.6. The van der Waals surface area contributed by atoms with E-state index in [4.69, 9.17) is 38.8 Å². The highest BCUT2D eigenvalue weighted by molar-refractivity contribution is 7.80. The van der Waals surface area contributed by atoms with Gasteiger partial charge in [-0.1, -0.05) is 121 Å². The summed E-state index contributed by atoms with van der Waals surface area (Å²) in [5, 5.41) is 0.866. The highest BCUT2D eigenvalue weighted by Gasteiger charge is 2.19. The predicted molar refractivity (Wildman–Crippen MR) is 164 cm³/mol. The third-order valence-electron chi connectivity index (χ3n) is 5.41. The first-order valence-electron chi connectivity index (χ1n) is 12.0. The molecule has 0 spiro atoms. The molecule has 0 aliphatic heterocycles. The van der Waals surface area contributed by atoms with Gasteiger partial charge in [-0.2, -0.15) is 8.42 Å². The van der Waals surface area contributed by atoms with Gasteiger partial charge < -0.3 is 9.80 Å². The van der Waals surface area contributed by atoms with E-state index in [1.165, 1.54) is 22.3 Å². The Labute approximate surface area is 245 Å². The third kappa shape index (κ3) is 14.2. The molecule has 40 heavy (non-hydrogen) atoms. The minimum Gasteiger partial charge on any atom is -0.340 e. The number of rotatable bonds is 8. The molecule has 4 N–H and O–H groups in total. The summed E-state index contributed by atoms with van der Waals surface area (Å²) in [5.74, 6) is 0. The number of hydrogen-bond acceptors (Lipinski definition) is 3. The van der Waals surface area contributed by atoms with Crippen molar-refractivity contribution in [1.29, 1.82) is 0 Å². The number of nitrogens with zero attached hydrogens (tertiary/aromatic N) is 2. The van der Waals surface area contributed by atoms with Gasteiger partial charge in [-0.3, -0.25) is 18.2 Å². The lowest BCUT2D eigenvalue weighted by atomic mass is 10.1. The minimum atomic E-state index is -2.61. The van der Waals surface area contributed by atoms with Crippen LogP contribution in [0.5, 0.6) is 0 Å². The molecule has 0 heterocycles. The van der Waals surface area contributed by atoms with Crippen molar-refractivity contribution in [3.05, 3.63) is 144 Å². The van der Waals surface area contributed by atoms with Crippen molar-refractivity contribution in [2.75, 3.05) is 0 Å². The molecule has 0 fully saturated rings. The van der Waals surface area contributed by atoms with Crippen LogP contribution >= 0.6 is 12.2 Å². The Morgan fingerprint density at radius 2 is 0.650 bits per heavy atom. The van der Waals surface area contributed by atoms with Crippen LogP contribution < -0.4 is 0 Å². The van der Waals surface area contributed by atoms with Crippen LogP contribution in [-0.4, -0.2) is 41.5 Å². The van der Waals surface area contributed by atoms with E-state index >= 15 is 0 Å². The van der Waals surface area contributed by atoms with Crippen molar-refractivity contribution in [1.82, 2.24) is 9.80 Å². The molecule has 4 rings (SSSR count).